The maximum Gasteiger partial charge on any atom is 0.254 e. The molecule has 2 heterocycles. The van der Waals surface area contributed by atoms with Crippen LogP contribution in [0.15, 0.2) is 18.2 Å². The molecule has 0 radical (unpaired) electrons. The van der Waals surface area contributed by atoms with Gasteiger partial charge in [-0.25, -0.2) is 4.98 Å². The number of hydrogen-bond acceptors (Lipinski definition) is 4. The molecular formula is C19H26N4O2. The highest BCUT2D eigenvalue weighted by molar-refractivity contribution is 5.97. The molecule has 25 heavy (non-hydrogen) atoms. The first-order valence-electron chi connectivity index (χ1n) is 9.19. The van der Waals surface area contributed by atoms with E-state index in [4.69, 9.17) is 0 Å². The van der Waals surface area contributed by atoms with Gasteiger partial charge >= 0.3 is 0 Å². The average molecular weight is 342 g/mol. The second-order valence-electron chi connectivity index (χ2n) is 7.32. The van der Waals surface area contributed by atoms with Crippen molar-refractivity contribution in [3.8, 4) is 0 Å². The number of aryl methyl sites for hydroxylation is 2. The summed E-state index contributed by atoms with van der Waals surface area (Å²) in [4.78, 5) is 21.7. The van der Waals surface area contributed by atoms with Gasteiger partial charge < -0.3 is 14.6 Å². The van der Waals surface area contributed by atoms with Crippen LogP contribution in [0.1, 0.15) is 35.4 Å². The van der Waals surface area contributed by atoms with Crippen LogP contribution in [0.3, 0.4) is 0 Å². The number of imidazole rings is 1. The van der Waals surface area contributed by atoms with Gasteiger partial charge in [-0.2, -0.15) is 0 Å². The molecule has 1 aliphatic heterocycles. The topological polar surface area (TPSA) is 61.6 Å². The number of piperazine rings is 1. The van der Waals surface area contributed by atoms with Gasteiger partial charge in [0.2, 0.25) is 0 Å². The standard InChI is InChI=1S/C19H26N4O2/c1-13-20-15-12-14(6-7-16(15)21(13)2)19(25)23-10-8-22(9-11-23)17-4-3-5-18(17)24/h6-7,12,17-18,24H,3-5,8-11H2,1-2H3/t17-,18+/m0/s1. The number of fused-ring (bicyclic) bond motifs is 1. The van der Waals surface area contributed by atoms with Crippen LogP contribution in [0.5, 0.6) is 0 Å². The number of aliphatic hydroxyl groups is 1. The van der Waals surface area contributed by atoms with Crippen LogP contribution >= 0.6 is 0 Å². The van der Waals surface area contributed by atoms with E-state index >= 15 is 0 Å². The van der Waals surface area contributed by atoms with Crippen molar-refractivity contribution in [2.75, 3.05) is 26.2 Å². The van der Waals surface area contributed by atoms with E-state index in [2.05, 4.69) is 9.88 Å². The lowest BCUT2D eigenvalue weighted by Crippen LogP contribution is -2.53. The lowest BCUT2D eigenvalue weighted by molar-refractivity contribution is 0.0315. The third-order valence-electron chi connectivity index (χ3n) is 5.87. The Labute approximate surface area is 148 Å². The Morgan fingerprint density at radius 3 is 2.64 bits per heavy atom. The van der Waals surface area contributed by atoms with Crippen molar-refractivity contribution < 1.29 is 9.90 Å². The highest BCUT2D eigenvalue weighted by Gasteiger charge is 2.33. The minimum Gasteiger partial charge on any atom is -0.391 e. The number of aromatic nitrogens is 2. The molecule has 2 fully saturated rings. The van der Waals surface area contributed by atoms with Gasteiger partial charge in [-0.15, -0.1) is 0 Å². The summed E-state index contributed by atoms with van der Waals surface area (Å²) in [6, 6.07) is 6.06. The van der Waals surface area contributed by atoms with Gasteiger partial charge in [-0.05, 0) is 44.4 Å². The van der Waals surface area contributed by atoms with Gasteiger partial charge in [0.25, 0.3) is 5.91 Å². The van der Waals surface area contributed by atoms with E-state index in [0.29, 0.717) is 5.56 Å². The van der Waals surface area contributed by atoms with Gasteiger partial charge in [-0.1, -0.05) is 0 Å². The van der Waals surface area contributed by atoms with Crippen molar-refractivity contribution >= 4 is 16.9 Å². The van der Waals surface area contributed by atoms with Crippen LogP contribution in [0.25, 0.3) is 11.0 Å². The normalized spacial score (nSPS) is 25.0. The van der Waals surface area contributed by atoms with E-state index in [0.717, 1.165) is 62.3 Å². The molecule has 6 nitrogen and oxygen atoms in total. The van der Waals surface area contributed by atoms with Crippen LogP contribution < -0.4 is 0 Å². The van der Waals surface area contributed by atoms with E-state index in [1.165, 1.54) is 0 Å². The Morgan fingerprint density at radius 1 is 1.20 bits per heavy atom. The van der Waals surface area contributed by atoms with Crippen LogP contribution in [0, 0.1) is 6.92 Å². The summed E-state index contributed by atoms with van der Waals surface area (Å²) in [5.74, 6) is 1.03. The fourth-order valence-corrected chi connectivity index (χ4v) is 4.24. The fraction of sp³-hybridized carbons (Fsp3) is 0.579. The Morgan fingerprint density at radius 2 is 1.96 bits per heavy atom. The Hall–Kier alpha value is -1.92. The Bertz CT molecular complexity index is 792. The van der Waals surface area contributed by atoms with E-state index in [-0.39, 0.29) is 18.1 Å². The molecule has 2 aromatic rings. The van der Waals surface area contributed by atoms with Crippen LogP contribution in [0.2, 0.25) is 0 Å². The summed E-state index contributed by atoms with van der Waals surface area (Å²) >= 11 is 0. The van der Waals surface area contributed by atoms with Gasteiger partial charge in [0.15, 0.2) is 0 Å². The van der Waals surface area contributed by atoms with E-state index < -0.39 is 0 Å². The van der Waals surface area contributed by atoms with Crippen LogP contribution in [0.4, 0.5) is 0 Å². The molecule has 1 saturated carbocycles. The van der Waals surface area contributed by atoms with Gasteiger partial charge in [0.05, 0.1) is 17.1 Å². The molecule has 1 aromatic carbocycles. The predicted molar refractivity (Wildman–Crippen MR) is 96.6 cm³/mol. The quantitative estimate of drug-likeness (QED) is 0.900. The molecule has 0 bridgehead atoms. The van der Waals surface area contributed by atoms with Crippen molar-refractivity contribution in [1.82, 2.24) is 19.4 Å². The number of benzene rings is 1. The Kier molecular flexibility index (Phi) is 4.25. The highest BCUT2D eigenvalue weighted by atomic mass is 16.3. The van der Waals surface area contributed by atoms with Crippen molar-refractivity contribution in [2.45, 2.75) is 38.3 Å². The summed E-state index contributed by atoms with van der Waals surface area (Å²) < 4.78 is 2.04. The third-order valence-corrected chi connectivity index (χ3v) is 5.87. The van der Waals surface area contributed by atoms with Crippen LogP contribution in [-0.2, 0) is 7.05 Å². The fourth-order valence-electron chi connectivity index (χ4n) is 4.24. The summed E-state index contributed by atoms with van der Waals surface area (Å²) in [6.45, 7) is 5.11. The summed E-state index contributed by atoms with van der Waals surface area (Å²) in [6.07, 6.45) is 2.89. The molecular weight excluding hydrogens is 316 g/mol. The zero-order valence-electron chi connectivity index (χ0n) is 15.0. The first kappa shape index (κ1) is 16.5. The molecule has 1 amide bonds. The molecule has 1 N–H and O–H groups in total. The number of carbonyl (C=O) groups excluding carboxylic acids is 1. The van der Waals surface area contributed by atoms with E-state index in [1.54, 1.807) is 0 Å². The molecule has 6 heteroatoms. The zero-order valence-corrected chi connectivity index (χ0v) is 15.0. The maximum atomic E-state index is 12.9. The van der Waals surface area contributed by atoms with E-state index in [9.17, 15) is 9.90 Å². The van der Waals surface area contributed by atoms with E-state index in [1.807, 2.05) is 41.6 Å². The highest BCUT2D eigenvalue weighted by Crippen LogP contribution is 2.25. The van der Waals surface area contributed by atoms with Crippen molar-refractivity contribution in [3.05, 3.63) is 29.6 Å². The average Bonchev–Trinajstić information content (AvgIpc) is 3.17. The SMILES string of the molecule is Cc1nc2cc(C(=O)N3CCN([C@H]4CCC[C@H]4O)CC3)ccc2n1C. The first-order chi connectivity index (χ1) is 12.0. The maximum absolute atomic E-state index is 12.9. The molecule has 134 valence electrons. The Balaban J connectivity index is 1.45. The number of rotatable bonds is 2. The molecule has 4 rings (SSSR count). The van der Waals surface area contributed by atoms with Gasteiger partial charge in [0, 0.05) is 44.8 Å². The van der Waals surface area contributed by atoms with Crippen molar-refractivity contribution in [3.63, 3.8) is 0 Å². The van der Waals surface area contributed by atoms with Gasteiger partial charge in [0.1, 0.15) is 5.82 Å². The summed E-state index contributed by atoms with van der Waals surface area (Å²) in [5.41, 5.74) is 2.63. The minimum atomic E-state index is -0.197. The number of aliphatic hydroxyl groups excluding tert-OH is 1. The lowest BCUT2D eigenvalue weighted by Gasteiger charge is -2.39. The second kappa shape index (κ2) is 6.42. The molecule has 2 atom stereocenters. The predicted octanol–water partition coefficient (Wildman–Crippen LogP) is 1.55. The summed E-state index contributed by atoms with van der Waals surface area (Å²) in [5, 5.41) is 10.1. The number of amides is 1. The largest absolute Gasteiger partial charge is 0.391 e. The van der Waals surface area contributed by atoms with Crippen molar-refractivity contribution in [1.29, 1.82) is 0 Å². The zero-order chi connectivity index (χ0) is 17.6. The molecule has 2 aliphatic rings. The van der Waals surface area contributed by atoms with Crippen molar-refractivity contribution in [2.24, 2.45) is 7.05 Å². The lowest BCUT2D eigenvalue weighted by atomic mass is 10.1. The number of hydrogen-bond donors (Lipinski definition) is 1. The third kappa shape index (κ3) is 2.93. The molecule has 1 saturated heterocycles. The summed E-state index contributed by atoms with van der Waals surface area (Å²) in [7, 11) is 1.99. The molecule has 1 aliphatic carbocycles. The molecule has 0 unspecified atom stereocenters. The monoisotopic (exact) mass is 342 g/mol. The van der Waals surface area contributed by atoms with Gasteiger partial charge in [-0.3, -0.25) is 9.69 Å². The number of carbonyl (C=O) groups is 1. The van der Waals surface area contributed by atoms with Crippen LogP contribution in [-0.4, -0.2) is 68.7 Å². The minimum absolute atomic E-state index is 0.0804. The molecule has 0 spiro atoms. The molecule has 1 aromatic heterocycles. The smallest absolute Gasteiger partial charge is 0.254 e. The number of nitrogens with zero attached hydrogens (tertiary/aromatic N) is 4. The second-order valence-corrected chi connectivity index (χ2v) is 7.32. The first-order valence-corrected chi connectivity index (χ1v) is 9.19.